The third-order valence-corrected chi connectivity index (χ3v) is 7.92. The Bertz CT molecular complexity index is 405. The molecule has 1 heterocycles. The first kappa shape index (κ1) is 17.6. The third-order valence-electron chi connectivity index (χ3n) is 5.24. The summed E-state index contributed by atoms with van der Waals surface area (Å²) in [6, 6.07) is 0.521. The number of sulfone groups is 1. The molecule has 3 nitrogen and oxygen atoms in total. The number of hydrogen-bond acceptors (Lipinski definition) is 4. The molecule has 21 heavy (non-hydrogen) atoms. The summed E-state index contributed by atoms with van der Waals surface area (Å²) >= 11 is 2.08. The number of nitrogens with one attached hydrogen (secondary N) is 1. The van der Waals surface area contributed by atoms with Crippen molar-refractivity contribution in [3.8, 4) is 0 Å². The molecular weight excluding hydrogens is 302 g/mol. The zero-order valence-corrected chi connectivity index (χ0v) is 15.1. The van der Waals surface area contributed by atoms with Crippen molar-refractivity contribution in [3.63, 3.8) is 0 Å². The van der Waals surface area contributed by atoms with Crippen LogP contribution in [0.15, 0.2) is 0 Å². The Hall–Kier alpha value is 0.260. The van der Waals surface area contributed by atoms with E-state index in [4.69, 9.17) is 0 Å². The van der Waals surface area contributed by atoms with E-state index in [2.05, 4.69) is 24.0 Å². The Labute approximate surface area is 135 Å². The first-order valence-electron chi connectivity index (χ1n) is 8.50. The minimum atomic E-state index is -2.87. The summed E-state index contributed by atoms with van der Waals surface area (Å²) in [6.07, 6.45) is 9.36. The zero-order valence-electron chi connectivity index (χ0n) is 13.5. The van der Waals surface area contributed by atoms with Crippen LogP contribution in [-0.2, 0) is 9.84 Å². The SMILES string of the molecule is CCNC(CC1CCSCC1)C1CCCC(S(C)(=O)=O)C1. The van der Waals surface area contributed by atoms with E-state index in [9.17, 15) is 8.42 Å². The Balaban J connectivity index is 1.96. The number of rotatable bonds is 6. The molecular formula is C16H31NO2S2. The van der Waals surface area contributed by atoms with Crippen molar-refractivity contribution in [2.24, 2.45) is 11.8 Å². The second-order valence-electron chi connectivity index (χ2n) is 6.83. The quantitative estimate of drug-likeness (QED) is 0.811. The molecule has 1 N–H and O–H groups in total. The van der Waals surface area contributed by atoms with Gasteiger partial charge in [0.2, 0.25) is 0 Å². The summed E-state index contributed by atoms with van der Waals surface area (Å²) in [6.45, 7) is 3.16. The maximum Gasteiger partial charge on any atom is 0.150 e. The standard InChI is InChI=1S/C16H31NO2S2/c1-3-17-16(11-13-7-9-20-10-8-13)14-5-4-6-15(12-14)21(2,18)19/h13-17H,3-12H2,1-2H3. The third kappa shape index (κ3) is 5.43. The predicted molar refractivity (Wildman–Crippen MR) is 92.7 cm³/mol. The highest BCUT2D eigenvalue weighted by Gasteiger charge is 2.33. The van der Waals surface area contributed by atoms with Crippen LogP contribution >= 0.6 is 11.8 Å². The largest absolute Gasteiger partial charge is 0.314 e. The summed E-state index contributed by atoms with van der Waals surface area (Å²) in [5.74, 6) is 4.00. The summed E-state index contributed by atoms with van der Waals surface area (Å²) in [5, 5.41) is 3.57. The first-order chi connectivity index (χ1) is 10.0. The normalized spacial score (nSPS) is 30.2. The molecule has 0 aromatic carbocycles. The molecule has 5 heteroatoms. The van der Waals surface area contributed by atoms with Crippen LogP contribution in [0, 0.1) is 11.8 Å². The van der Waals surface area contributed by atoms with Gasteiger partial charge in [-0.1, -0.05) is 13.3 Å². The smallest absolute Gasteiger partial charge is 0.150 e. The maximum absolute atomic E-state index is 11.9. The van der Waals surface area contributed by atoms with E-state index in [-0.39, 0.29) is 5.25 Å². The van der Waals surface area contributed by atoms with Crippen LogP contribution in [0.3, 0.4) is 0 Å². The summed E-state index contributed by atoms with van der Waals surface area (Å²) < 4.78 is 23.8. The van der Waals surface area contributed by atoms with Crippen molar-refractivity contribution < 1.29 is 8.42 Å². The van der Waals surface area contributed by atoms with Gasteiger partial charge in [-0.15, -0.1) is 0 Å². The van der Waals surface area contributed by atoms with E-state index < -0.39 is 9.84 Å². The lowest BCUT2D eigenvalue weighted by atomic mass is 9.79. The van der Waals surface area contributed by atoms with E-state index in [1.807, 2.05) is 0 Å². The molecule has 2 aliphatic rings. The molecule has 0 spiro atoms. The van der Waals surface area contributed by atoms with Crippen LogP contribution in [0.1, 0.15) is 51.9 Å². The van der Waals surface area contributed by atoms with Gasteiger partial charge in [-0.05, 0) is 68.4 Å². The van der Waals surface area contributed by atoms with Crippen molar-refractivity contribution in [2.45, 2.75) is 63.2 Å². The lowest BCUT2D eigenvalue weighted by Crippen LogP contribution is -2.42. The van der Waals surface area contributed by atoms with E-state index in [0.717, 1.165) is 31.7 Å². The van der Waals surface area contributed by atoms with Gasteiger partial charge in [-0.2, -0.15) is 11.8 Å². The zero-order chi connectivity index (χ0) is 15.3. The molecule has 0 aromatic rings. The molecule has 0 radical (unpaired) electrons. The van der Waals surface area contributed by atoms with E-state index in [0.29, 0.717) is 12.0 Å². The van der Waals surface area contributed by atoms with Crippen molar-refractivity contribution in [1.29, 1.82) is 0 Å². The van der Waals surface area contributed by atoms with Crippen molar-refractivity contribution in [3.05, 3.63) is 0 Å². The average molecular weight is 334 g/mol. The van der Waals surface area contributed by atoms with Gasteiger partial charge in [0.15, 0.2) is 0 Å². The van der Waals surface area contributed by atoms with Crippen LogP contribution in [0.5, 0.6) is 0 Å². The fraction of sp³-hybridized carbons (Fsp3) is 1.00. The molecule has 2 fully saturated rings. The molecule has 0 amide bonds. The lowest BCUT2D eigenvalue weighted by Gasteiger charge is -2.36. The second-order valence-corrected chi connectivity index (χ2v) is 10.4. The highest BCUT2D eigenvalue weighted by atomic mass is 32.2. The van der Waals surface area contributed by atoms with Crippen LogP contribution < -0.4 is 5.32 Å². The van der Waals surface area contributed by atoms with Gasteiger partial charge < -0.3 is 5.32 Å². The summed E-state index contributed by atoms with van der Waals surface area (Å²) in [4.78, 5) is 0. The molecule has 1 saturated carbocycles. The molecule has 3 atom stereocenters. The van der Waals surface area contributed by atoms with Gasteiger partial charge >= 0.3 is 0 Å². The van der Waals surface area contributed by atoms with Gasteiger partial charge in [0.05, 0.1) is 5.25 Å². The van der Waals surface area contributed by atoms with Crippen molar-refractivity contribution >= 4 is 21.6 Å². The van der Waals surface area contributed by atoms with E-state index >= 15 is 0 Å². The Morgan fingerprint density at radius 1 is 1.19 bits per heavy atom. The van der Waals surface area contributed by atoms with Crippen LogP contribution in [0.4, 0.5) is 0 Å². The van der Waals surface area contributed by atoms with E-state index in [1.165, 1.54) is 43.4 Å². The molecule has 2 rings (SSSR count). The number of thioether (sulfide) groups is 1. The van der Waals surface area contributed by atoms with Gasteiger partial charge in [-0.3, -0.25) is 0 Å². The topological polar surface area (TPSA) is 46.2 Å². The fourth-order valence-corrected chi connectivity index (χ4v) is 6.38. The fourth-order valence-electron chi connectivity index (χ4n) is 3.98. The minimum absolute atomic E-state index is 0.0979. The molecule has 124 valence electrons. The van der Waals surface area contributed by atoms with Gasteiger partial charge in [0.25, 0.3) is 0 Å². The van der Waals surface area contributed by atoms with Crippen LogP contribution in [-0.4, -0.2) is 44.0 Å². The van der Waals surface area contributed by atoms with Gasteiger partial charge in [0, 0.05) is 12.3 Å². The highest BCUT2D eigenvalue weighted by molar-refractivity contribution is 7.99. The van der Waals surface area contributed by atoms with Crippen LogP contribution in [0.2, 0.25) is 0 Å². The second kappa shape index (κ2) is 8.21. The summed E-state index contributed by atoms with van der Waals surface area (Å²) in [5.41, 5.74) is 0. The minimum Gasteiger partial charge on any atom is -0.314 e. The Morgan fingerprint density at radius 2 is 1.90 bits per heavy atom. The van der Waals surface area contributed by atoms with Crippen molar-refractivity contribution in [1.82, 2.24) is 5.32 Å². The monoisotopic (exact) mass is 333 g/mol. The Kier molecular flexibility index (Phi) is 6.88. The van der Waals surface area contributed by atoms with E-state index in [1.54, 1.807) is 0 Å². The molecule has 1 saturated heterocycles. The van der Waals surface area contributed by atoms with Crippen molar-refractivity contribution in [2.75, 3.05) is 24.3 Å². The molecule has 0 aromatic heterocycles. The first-order valence-corrected chi connectivity index (χ1v) is 11.6. The average Bonchev–Trinajstić information content (AvgIpc) is 2.47. The molecule has 0 bridgehead atoms. The molecule has 1 aliphatic heterocycles. The lowest BCUT2D eigenvalue weighted by molar-refractivity contribution is 0.232. The number of hydrogen-bond donors (Lipinski definition) is 1. The predicted octanol–water partition coefficient (Wildman–Crippen LogP) is 3.10. The molecule has 1 aliphatic carbocycles. The molecule has 3 unspecified atom stereocenters. The van der Waals surface area contributed by atoms with Gasteiger partial charge in [0.1, 0.15) is 9.84 Å². The highest BCUT2D eigenvalue weighted by Crippen LogP contribution is 2.35. The van der Waals surface area contributed by atoms with Crippen LogP contribution in [0.25, 0.3) is 0 Å². The summed E-state index contributed by atoms with van der Waals surface area (Å²) in [7, 11) is -2.87. The Morgan fingerprint density at radius 3 is 2.52 bits per heavy atom. The van der Waals surface area contributed by atoms with Gasteiger partial charge in [-0.25, -0.2) is 8.42 Å². The maximum atomic E-state index is 11.9.